The largest absolute Gasteiger partial charge is 0.494 e. The monoisotopic (exact) mass is 393 g/mol. The quantitative estimate of drug-likeness (QED) is 0.575. The lowest BCUT2D eigenvalue weighted by atomic mass is 9.87. The van der Waals surface area contributed by atoms with Crippen LogP contribution in [0.5, 0.6) is 5.75 Å². The van der Waals surface area contributed by atoms with Crippen molar-refractivity contribution in [3.05, 3.63) is 59.9 Å². The van der Waals surface area contributed by atoms with Gasteiger partial charge in [0.05, 0.1) is 23.7 Å². The lowest BCUT2D eigenvalue weighted by Gasteiger charge is -2.19. The van der Waals surface area contributed by atoms with Gasteiger partial charge in [0.2, 0.25) is 5.91 Å². The summed E-state index contributed by atoms with van der Waals surface area (Å²) in [5, 5.41) is 2.94. The standard InChI is InChI=1S/C24H31N3O2/c1-17(25-18(2)28)23-26-21-9-6-7-10-22(21)27(23)15-8-16-29-20-13-11-19(12-14-20)24(3,4)5/h6-7,9-14,17H,8,15-16H2,1-5H3,(H,25,28). The third kappa shape index (κ3) is 5.17. The van der Waals surface area contributed by atoms with E-state index in [4.69, 9.17) is 9.72 Å². The highest BCUT2D eigenvalue weighted by Gasteiger charge is 2.17. The van der Waals surface area contributed by atoms with Crippen molar-refractivity contribution in [2.45, 2.75) is 59.0 Å². The Kier molecular flexibility index (Phi) is 6.26. The third-order valence-corrected chi connectivity index (χ3v) is 5.01. The fourth-order valence-corrected chi connectivity index (χ4v) is 3.49. The Morgan fingerprint density at radius 3 is 2.48 bits per heavy atom. The number of nitrogens with zero attached hydrogens (tertiary/aromatic N) is 2. The predicted octanol–water partition coefficient (Wildman–Crippen LogP) is 5.00. The molecule has 1 N–H and O–H groups in total. The van der Waals surface area contributed by atoms with E-state index in [0.717, 1.165) is 35.6 Å². The average molecular weight is 394 g/mol. The number of hydrogen-bond donors (Lipinski definition) is 1. The number of aromatic nitrogens is 2. The molecule has 5 nitrogen and oxygen atoms in total. The molecule has 3 rings (SSSR count). The molecule has 0 spiro atoms. The molecule has 0 bridgehead atoms. The number of ether oxygens (including phenoxy) is 1. The first-order chi connectivity index (χ1) is 13.8. The summed E-state index contributed by atoms with van der Waals surface area (Å²) in [4.78, 5) is 16.2. The van der Waals surface area contributed by atoms with Crippen molar-refractivity contribution < 1.29 is 9.53 Å². The minimum atomic E-state index is -0.147. The van der Waals surface area contributed by atoms with Crippen LogP contribution in [-0.4, -0.2) is 22.1 Å². The Morgan fingerprint density at radius 1 is 1.14 bits per heavy atom. The van der Waals surface area contributed by atoms with Crippen LogP contribution in [0, 0.1) is 0 Å². The Labute approximate surface area is 173 Å². The topological polar surface area (TPSA) is 56.2 Å². The second-order valence-corrected chi connectivity index (χ2v) is 8.51. The van der Waals surface area contributed by atoms with Crippen LogP contribution in [0.1, 0.15) is 58.5 Å². The van der Waals surface area contributed by atoms with E-state index in [1.807, 2.05) is 37.3 Å². The van der Waals surface area contributed by atoms with Gasteiger partial charge >= 0.3 is 0 Å². The van der Waals surface area contributed by atoms with Gasteiger partial charge in [0, 0.05) is 13.5 Å². The molecule has 1 amide bonds. The highest BCUT2D eigenvalue weighted by atomic mass is 16.5. The minimum Gasteiger partial charge on any atom is -0.494 e. The van der Waals surface area contributed by atoms with Gasteiger partial charge in [0.1, 0.15) is 11.6 Å². The SMILES string of the molecule is CC(=O)NC(C)c1nc2ccccc2n1CCCOc1ccc(C(C)(C)C)cc1. The van der Waals surface area contributed by atoms with E-state index < -0.39 is 0 Å². The maximum atomic E-state index is 11.5. The van der Waals surface area contributed by atoms with Gasteiger partial charge in [0.15, 0.2) is 0 Å². The number of rotatable bonds is 7. The smallest absolute Gasteiger partial charge is 0.217 e. The Morgan fingerprint density at radius 2 is 1.83 bits per heavy atom. The molecular weight excluding hydrogens is 362 g/mol. The average Bonchev–Trinajstić information content (AvgIpc) is 3.03. The molecule has 2 aromatic carbocycles. The summed E-state index contributed by atoms with van der Waals surface area (Å²) in [6.07, 6.45) is 0.848. The van der Waals surface area contributed by atoms with E-state index in [0.29, 0.717) is 6.61 Å². The van der Waals surface area contributed by atoms with E-state index in [1.165, 1.54) is 12.5 Å². The van der Waals surface area contributed by atoms with Crippen LogP contribution in [0.3, 0.4) is 0 Å². The predicted molar refractivity (Wildman–Crippen MR) is 117 cm³/mol. The number of fused-ring (bicyclic) bond motifs is 1. The number of amides is 1. The molecule has 1 heterocycles. The van der Waals surface area contributed by atoms with Gasteiger partial charge in [-0.15, -0.1) is 0 Å². The maximum absolute atomic E-state index is 11.5. The molecule has 0 aliphatic carbocycles. The van der Waals surface area contributed by atoms with Gasteiger partial charge in [-0.1, -0.05) is 45.0 Å². The molecule has 1 atom stereocenters. The molecule has 29 heavy (non-hydrogen) atoms. The zero-order valence-corrected chi connectivity index (χ0v) is 18.0. The molecule has 0 radical (unpaired) electrons. The fraction of sp³-hybridized carbons (Fsp3) is 0.417. The number of para-hydroxylation sites is 2. The van der Waals surface area contributed by atoms with Crippen molar-refractivity contribution in [3.63, 3.8) is 0 Å². The lowest BCUT2D eigenvalue weighted by molar-refractivity contribution is -0.119. The highest BCUT2D eigenvalue weighted by Crippen LogP contribution is 2.25. The van der Waals surface area contributed by atoms with Crippen LogP contribution >= 0.6 is 0 Å². The molecule has 0 aliphatic rings. The molecule has 0 saturated heterocycles. The van der Waals surface area contributed by atoms with Gasteiger partial charge in [-0.05, 0) is 48.6 Å². The zero-order chi connectivity index (χ0) is 21.0. The molecule has 154 valence electrons. The summed E-state index contributed by atoms with van der Waals surface area (Å²) in [6, 6.07) is 16.3. The summed E-state index contributed by atoms with van der Waals surface area (Å²) >= 11 is 0. The van der Waals surface area contributed by atoms with Crippen LogP contribution in [0.4, 0.5) is 0 Å². The zero-order valence-electron chi connectivity index (χ0n) is 18.0. The lowest BCUT2D eigenvalue weighted by Crippen LogP contribution is -2.26. The van der Waals surface area contributed by atoms with Crippen molar-refractivity contribution in [1.82, 2.24) is 14.9 Å². The second-order valence-electron chi connectivity index (χ2n) is 8.51. The van der Waals surface area contributed by atoms with Crippen molar-refractivity contribution >= 4 is 16.9 Å². The Balaban J connectivity index is 1.66. The number of carbonyl (C=O) groups is 1. The molecule has 0 saturated carbocycles. The molecule has 5 heteroatoms. The van der Waals surface area contributed by atoms with E-state index >= 15 is 0 Å². The van der Waals surface area contributed by atoms with E-state index in [9.17, 15) is 4.79 Å². The van der Waals surface area contributed by atoms with Crippen molar-refractivity contribution in [1.29, 1.82) is 0 Å². The molecule has 0 fully saturated rings. The van der Waals surface area contributed by atoms with Crippen molar-refractivity contribution in [2.24, 2.45) is 0 Å². The number of imidazole rings is 1. The first kappa shape index (κ1) is 20.9. The summed E-state index contributed by atoms with van der Waals surface area (Å²) in [7, 11) is 0. The number of nitrogens with one attached hydrogen (secondary N) is 1. The van der Waals surface area contributed by atoms with Gasteiger partial charge in [0.25, 0.3) is 0 Å². The van der Waals surface area contributed by atoms with Gasteiger partial charge < -0.3 is 14.6 Å². The summed E-state index contributed by atoms with van der Waals surface area (Å²) in [5.74, 6) is 1.70. The Hall–Kier alpha value is -2.82. The first-order valence-electron chi connectivity index (χ1n) is 10.2. The number of benzene rings is 2. The second kappa shape index (κ2) is 8.68. The van der Waals surface area contributed by atoms with E-state index in [-0.39, 0.29) is 17.4 Å². The number of aryl methyl sites for hydroxylation is 1. The van der Waals surface area contributed by atoms with E-state index in [1.54, 1.807) is 0 Å². The molecule has 3 aromatic rings. The van der Waals surface area contributed by atoms with Gasteiger partial charge in [-0.3, -0.25) is 4.79 Å². The maximum Gasteiger partial charge on any atom is 0.217 e. The van der Waals surface area contributed by atoms with Crippen LogP contribution in [0.15, 0.2) is 48.5 Å². The minimum absolute atomic E-state index is 0.0573. The molecule has 0 aliphatic heterocycles. The van der Waals surface area contributed by atoms with Crippen molar-refractivity contribution in [3.8, 4) is 5.75 Å². The van der Waals surface area contributed by atoms with Crippen LogP contribution in [-0.2, 0) is 16.8 Å². The normalized spacial score (nSPS) is 12.7. The van der Waals surface area contributed by atoms with Crippen molar-refractivity contribution in [2.75, 3.05) is 6.61 Å². The third-order valence-electron chi connectivity index (χ3n) is 5.01. The summed E-state index contributed by atoms with van der Waals surface area (Å²) in [6.45, 7) is 11.5. The molecular formula is C24H31N3O2. The van der Waals surface area contributed by atoms with Gasteiger partial charge in [-0.2, -0.15) is 0 Å². The highest BCUT2D eigenvalue weighted by molar-refractivity contribution is 5.77. The summed E-state index contributed by atoms with van der Waals surface area (Å²) < 4.78 is 8.13. The van der Waals surface area contributed by atoms with E-state index in [2.05, 4.69) is 48.9 Å². The fourth-order valence-electron chi connectivity index (χ4n) is 3.49. The summed E-state index contributed by atoms with van der Waals surface area (Å²) in [5.41, 5.74) is 3.46. The van der Waals surface area contributed by atoms with Crippen LogP contribution < -0.4 is 10.1 Å². The molecule has 1 unspecified atom stereocenters. The van der Waals surface area contributed by atoms with Gasteiger partial charge in [-0.25, -0.2) is 4.98 Å². The number of carbonyl (C=O) groups excluding carboxylic acids is 1. The van der Waals surface area contributed by atoms with Crippen LogP contribution in [0.2, 0.25) is 0 Å². The first-order valence-corrected chi connectivity index (χ1v) is 10.2. The molecule has 1 aromatic heterocycles. The van der Waals surface area contributed by atoms with Crippen LogP contribution in [0.25, 0.3) is 11.0 Å². The number of hydrogen-bond acceptors (Lipinski definition) is 3. The Bertz CT molecular complexity index is 968.